The Kier molecular flexibility index (Phi) is 3.36. The van der Waals surface area contributed by atoms with Crippen molar-refractivity contribution in [2.24, 2.45) is 0 Å². The first-order chi connectivity index (χ1) is 10.1. The fourth-order valence-corrected chi connectivity index (χ4v) is 1.80. The molecule has 0 saturated heterocycles. The van der Waals surface area contributed by atoms with Gasteiger partial charge in [-0.25, -0.2) is 9.07 Å². The maximum atomic E-state index is 13.2. The van der Waals surface area contributed by atoms with Crippen molar-refractivity contribution in [1.29, 1.82) is 0 Å². The number of halogens is 2. The smallest absolute Gasteiger partial charge is 0.257 e. The molecule has 0 aliphatic heterocycles. The molecule has 0 saturated carbocycles. The van der Waals surface area contributed by atoms with Gasteiger partial charge in [0.2, 0.25) is 11.9 Å². The number of nitrogens with zero attached hydrogens (tertiary/aromatic N) is 5. The van der Waals surface area contributed by atoms with Crippen molar-refractivity contribution in [3.63, 3.8) is 0 Å². The van der Waals surface area contributed by atoms with E-state index in [-0.39, 0.29) is 17.8 Å². The summed E-state index contributed by atoms with van der Waals surface area (Å²) in [7, 11) is 0. The molecule has 3 aromatic rings. The average molecular weight is 306 g/mol. The molecule has 0 aliphatic rings. The van der Waals surface area contributed by atoms with Crippen LogP contribution >= 0.6 is 11.6 Å². The van der Waals surface area contributed by atoms with Crippen molar-refractivity contribution in [3.05, 3.63) is 47.5 Å². The summed E-state index contributed by atoms with van der Waals surface area (Å²) in [6.45, 7) is 0. The second kappa shape index (κ2) is 5.33. The largest absolute Gasteiger partial charge is 0.368 e. The van der Waals surface area contributed by atoms with Gasteiger partial charge in [-0.3, -0.25) is 0 Å². The molecule has 0 unspecified atom stereocenters. The minimum Gasteiger partial charge on any atom is -0.368 e. The molecule has 2 heterocycles. The van der Waals surface area contributed by atoms with Crippen LogP contribution in [0.25, 0.3) is 5.95 Å². The lowest BCUT2D eigenvalue weighted by molar-refractivity contribution is 0.628. The number of anilines is 3. The molecule has 106 valence electrons. The highest BCUT2D eigenvalue weighted by atomic mass is 35.5. The van der Waals surface area contributed by atoms with Gasteiger partial charge in [0.15, 0.2) is 0 Å². The Balaban J connectivity index is 1.97. The highest BCUT2D eigenvalue weighted by Gasteiger charge is 2.09. The van der Waals surface area contributed by atoms with Crippen LogP contribution < -0.4 is 11.1 Å². The molecule has 9 heteroatoms. The zero-order chi connectivity index (χ0) is 14.8. The number of nitrogen functional groups attached to an aromatic ring is 1. The van der Waals surface area contributed by atoms with Gasteiger partial charge in [0.1, 0.15) is 5.82 Å². The molecule has 0 atom stereocenters. The van der Waals surface area contributed by atoms with Crippen molar-refractivity contribution in [2.75, 3.05) is 11.1 Å². The third kappa shape index (κ3) is 2.90. The number of nitrogens with one attached hydrogen (secondary N) is 1. The van der Waals surface area contributed by atoms with Crippen molar-refractivity contribution >= 4 is 29.2 Å². The summed E-state index contributed by atoms with van der Waals surface area (Å²) in [6.07, 6.45) is 3.24. The van der Waals surface area contributed by atoms with Crippen molar-refractivity contribution in [2.45, 2.75) is 0 Å². The fourth-order valence-electron chi connectivity index (χ4n) is 1.64. The number of hydrogen-bond donors (Lipinski definition) is 2. The SMILES string of the molecule is Nc1nc(Nc2cc(F)ccc2Cl)nc(-n2cccn2)n1. The normalized spacial score (nSPS) is 10.6. The Morgan fingerprint density at radius 2 is 2.10 bits per heavy atom. The van der Waals surface area contributed by atoms with Gasteiger partial charge >= 0.3 is 0 Å². The van der Waals surface area contributed by atoms with E-state index in [1.807, 2.05) is 0 Å². The van der Waals surface area contributed by atoms with Gasteiger partial charge in [-0.05, 0) is 24.3 Å². The maximum absolute atomic E-state index is 13.2. The van der Waals surface area contributed by atoms with E-state index in [0.717, 1.165) is 0 Å². The Hall–Kier alpha value is -2.74. The van der Waals surface area contributed by atoms with Gasteiger partial charge in [-0.15, -0.1) is 0 Å². The van der Waals surface area contributed by atoms with Crippen LogP contribution in [0.15, 0.2) is 36.7 Å². The van der Waals surface area contributed by atoms with Crippen molar-refractivity contribution in [1.82, 2.24) is 24.7 Å². The van der Waals surface area contributed by atoms with Gasteiger partial charge < -0.3 is 11.1 Å². The summed E-state index contributed by atoms with van der Waals surface area (Å²) in [6, 6.07) is 5.63. The van der Waals surface area contributed by atoms with Crippen molar-refractivity contribution in [3.8, 4) is 5.95 Å². The second-order valence-electron chi connectivity index (χ2n) is 4.02. The fraction of sp³-hybridized carbons (Fsp3) is 0. The van der Waals surface area contributed by atoms with E-state index in [1.54, 1.807) is 18.5 Å². The van der Waals surface area contributed by atoms with E-state index >= 15 is 0 Å². The molecular weight excluding hydrogens is 297 g/mol. The lowest BCUT2D eigenvalue weighted by atomic mass is 10.3. The maximum Gasteiger partial charge on any atom is 0.257 e. The van der Waals surface area contributed by atoms with Crippen LogP contribution in [0.3, 0.4) is 0 Å². The lowest BCUT2D eigenvalue weighted by Gasteiger charge is -2.08. The first kappa shape index (κ1) is 13.3. The van der Waals surface area contributed by atoms with Crippen molar-refractivity contribution < 1.29 is 4.39 Å². The van der Waals surface area contributed by atoms with Gasteiger partial charge in [0.05, 0.1) is 10.7 Å². The Labute approximate surface area is 123 Å². The summed E-state index contributed by atoms with van der Waals surface area (Å²) >= 11 is 5.98. The molecule has 0 amide bonds. The number of hydrogen-bond acceptors (Lipinski definition) is 6. The Bertz CT molecular complexity index is 775. The zero-order valence-corrected chi connectivity index (χ0v) is 11.3. The molecule has 1 aromatic carbocycles. The van der Waals surface area contributed by atoms with E-state index in [2.05, 4.69) is 25.4 Å². The van der Waals surface area contributed by atoms with Crippen LogP contribution in [0.1, 0.15) is 0 Å². The van der Waals surface area contributed by atoms with Gasteiger partial charge in [0, 0.05) is 12.4 Å². The van der Waals surface area contributed by atoms with E-state index in [4.69, 9.17) is 17.3 Å². The van der Waals surface area contributed by atoms with E-state index in [0.29, 0.717) is 10.7 Å². The molecule has 0 bridgehead atoms. The van der Waals surface area contributed by atoms with Gasteiger partial charge in [-0.1, -0.05) is 11.6 Å². The van der Waals surface area contributed by atoms with Gasteiger partial charge in [0.25, 0.3) is 5.95 Å². The Morgan fingerprint density at radius 3 is 2.86 bits per heavy atom. The van der Waals surface area contributed by atoms with Crippen LogP contribution in [0.4, 0.5) is 22.0 Å². The van der Waals surface area contributed by atoms with E-state index in [1.165, 1.54) is 22.9 Å². The molecule has 0 spiro atoms. The molecule has 3 rings (SSSR count). The summed E-state index contributed by atoms with van der Waals surface area (Å²) in [4.78, 5) is 12.0. The first-order valence-electron chi connectivity index (χ1n) is 5.85. The topological polar surface area (TPSA) is 94.5 Å². The van der Waals surface area contributed by atoms with Crippen LogP contribution in [0, 0.1) is 5.82 Å². The summed E-state index contributed by atoms with van der Waals surface area (Å²) in [5.74, 6) is -0.0511. The summed E-state index contributed by atoms with van der Waals surface area (Å²) in [5, 5.41) is 7.13. The number of rotatable bonds is 3. The minimum absolute atomic E-state index is 0.00512. The molecule has 3 N–H and O–H groups in total. The second-order valence-corrected chi connectivity index (χ2v) is 4.42. The summed E-state index contributed by atoms with van der Waals surface area (Å²) in [5.41, 5.74) is 5.96. The van der Waals surface area contributed by atoms with E-state index < -0.39 is 5.82 Å². The molecule has 0 radical (unpaired) electrons. The highest BCUT2D eigenvalue weighted by molar-refractivity contribution is 6.33. The molecule has 21 heavy (non-hydrogen) atoms. The van der Waals surface area contributed by atoms with Crippen LogP contribution in [0.2, 0.25) is 5.02 Å². The quantitative estimate of drug-likeness (QED) is 0.770. The van der Waals surface area contributed by atoms with Crippen LogP contribution in [-0.2, 0) is 0 Å². The Morgan fingerprint density at radius 1 is 1.24 bits per heavy atom. The predicted octanol–water partition coefficient (Wildman–Crippen LogP) is 2.18. The molecule has 0 aliphatic carbocycles. The number of nitrogens with two attached hydrogens (primary N) is 1. The average Bonchev–Trinajstić information content (AvgIpc) is 2.96. The van der Waals surface area contributed by atoms with Crippen LogP contribution in [0.5, 0.6) is 0 Å². The molecular formula is C12H9ClFN7. The van der Waals surface area contributed by atoms with Gasteiger partial charge in [-0.2, -0.15) is 20.1 Å². The van der Waals surface area contributed by atoms with Crippen LogP contribution in [-0.4, -0.2) is 24.7 Å². The number of aromatic nitrogens is 5. The highest BCUT2D eigenvalue weighted by Crippen LogP contribution is 2.25. The zero-order valence-electron chi connectivity index (χ0n) is 10.5. The third-order valence-electron chi connectivity index (χ3n) is 2.53. The summed E-state index contributed by atoms with van der Waals surface area (Å²) < 4.78 is 14.7. The standard InChI is InChI=1S/C12H9ClFN7/c13-8-3-2-7(14)6-9(8)17-11-18-10(15)19-12(20-11)21-5-1-4-16-21/h1-6H,(H3,15,17,18,19,20). The first-order valence-corrected chi connectivity index (χ1v) is 6.23. The monoisotopic (exact) mass is 305 g/mol. The predicted molar refractivity (Wildman–Crippen MR) is 76.1 cm³/mol. The minimum atomic E-state index is -0.434. The lowest BCUT2D eigenvalue weighted by Crippen LogP contribution is -2.09. The number of benzene rings is 1. The third-order valence-corrected chi connectivity index (χ3v) is 2.85. The molecule has 2 aromatic heterocycles. The van der Waals surface area contributed by atoms with E-state index in [9.17, 15) is 4.39 Å². The molecule has 7 nitrogen and oxygen atoms in total. The molecule has 0 fully saturated rings.